The molecule has 8 nitrogen and oxygen atoms in total. The Labute approximate surface area is 125 Å². The molecule has 5 atom stereocenters. The van der Waals surface area contributed by atoms with Crippen LogP contribution in [0, 0.1) is 0 Å². The first-order valence-corrected chi connectivity index (χ1v) is 7.80. The predicted octanol–water partition coefficient (Wildman–Crippen LogP) is -0.221. The number of nitrogens with zero attached hydrogens (tertiary/aromatic N) is 4. The third kappa shape index (κ3) is 2.26. The second kappa shape index (κ2) is 5.41. The molecule has 0 bridgehead atoms. The SMILES string of the molecule is CSC1C(O)C(C(C)O)OC1n1cnc2c(N)ncnc21. The first kappa shape index (κ1) is 14.5. The standard InChI is InChI=1S/C12H17N5O3S/c1-5(18)8-7(19)9(21-2)12(20-8)17-4-16-6-10(13)14-3-15-11(6)17/h3-5,7-9,12,18-19H,1-2H3,(H2,13,14,15). The van der Waals surface area contributed by atoms with Gasteiger partial charge in [0.25, 0.3) is 0 Å². The van der Waals surface area contributed by atoms with Crippen LogP contribution in [0.4, 0.5) is 5.82 Å². The van der Waals surface area contributed by atoms with Crippen LogP contribution in [0.2, 0.25) is 0 Å². The largest absolute Gasteiger partial charge is 0.391 e. The summed E-state index contributed by atoms with van der Waals surface area (Å²) >= 11 is 1.47. The minimum atomic E-state index is -0.776. The Morgan fingerprint density at radius 2 is 2.19 bits per heavy atom. The van der Waals surface area contributed by atoms with Crippen LogP contribution in [-0.4, -0.2) is 59.5 Å². The molecule has 0 aromatic carbocycles. The van der Waals surface area contributed by atoms with E-state index in [1.165, 1.54) is 18.1 Å². The Morgan fingerprint density at radius 1 is 1.43 bits per heavy atom. The van der Waals surface area contributed by atoms with Crippen LogP contribution in [-0.2, 0) is 4.74 Å². The summed E-state index contributed by atoms with van der Waals surface area (Å²) in [6, 6.07) is 0. The summed E-state index contributed by atoms with van der Waals surface area (Å²) in [7, 11) is 0. The maximum Gasteiger partial charge on any atom is 0.167 e. The Morgan fingerprint density at radius 3 is 2.86 bits per heavy atom. The van der Waals surface area contributed by atoms with Crippen LogP contribution >= 0.6 is 11.8 Å². The summed E-state index contributed by atoms with van der Waals surface area (Å²) in [5.41, 5.74) is 6.82. The molecule has 5 unspecified atom stereocenters. The minimum Gasteiger partial charge on any atom is -0.391 e. The Hall–Kier alpha value is -1.42. The molecule has 9 heteroatoms. The van der Waals surface area contributed by atoms with Crippen molar-refractivity contribution in [1.29, 1.82) is 0 Å². The molecule has 114 valence electrons. The van der Waals surface area contributed by atoms with E-state index in [1.54, 1.807) is 17.8 Å². The molecule has 1 aliphatic heterocycles. The summed E-state index contributed by atoms with van der Waals surface area (Å²) in [6.07, 6.45) is 2.15. The first-order chi connectivity index (χ1) is 10.0. The van der Waals surface area contributed by atoms with Gasteiger partial charge in [0.1, 0.15) is 17.9 Å². The summed E-state index contributed by atoms with van der Waals surface area (Å²) in [6.45, 7) is 1.60. The third-order valence-electron chi connectivity index (χ3n) is 3.66. The zero-order valence-corrected chi connectivity index (χ0v) is 12.4. The van der Waals surface area contributed by atoms with Gasteiger partial charge in [0.2, 0.25) is 0 Å². The summed E-state index contributed by atoms with van der Waals surface area (Å²) < 4.78 is 7.55. The summed E-state index contributed by atoms with van der Waals surface area (Å²) in [5.74, 6) is 0.296. The van der Waals surface area contributed by atoms with E-state index in [9.17, 15) is 10.2 Å². The van der Waals surface area contributed by atoms with Gasteiger partial charge >= 0.3 is 0 Å². The van der Waals surface area contributed by atoms with Crippen molar-refractivity contribution in [3.05, 3.63) is 12.7 Å². The van der Waals surface area contributed by atoms with Gasteiger partial charge in [-0.1, -0.05) is 0 Å². The molecule has 0 aliphatic carbocycles. The fraction of sp³-hybridized carbons (Fsp3) is 0.583. The number of rotatable bonds is 3. The Bertz CT molecular complexity index is 649. The van der Waals surface area contributed by atoms with Gasteiger partial charge < -0.3 is 20.7 Å². The van der Waals surface area contributed by atoms with Crippen LogP contribution in [0.15, 0.2) is 12.7 Å². The first-order valence-electron chi connectivity index (χ1n) is 6.52. The molecular formula is C12H17N5O3S. The Kier molecular flexibility index (Phi) is 3.74. The lowest BCUT2D eigenvalue weighted by molar-refractivity contribution is -0.0749. The van der Waals surface area contributed by atoms with E-state index < -0.39 is 24.5 Å². The normalized spacial score (nSPS) is 30.9. The predicted molar refractivity (Wildman–Crippen MR) is 78.6 cm³/mol. The van der Waals surface area contributed by atoms with Crippen molar-refractivity contribution in [1.82, 2.24) is 19.5 Å². The summed E-state index contributed by atoms with van der Waals surface area (Å²) in [4.78, 5) is 12.3. The van der Waals surface area contributed by atoms with E-state index in [2.05, 4.69) is 15.0 Å². The van der Waals surface area contributed by atoms with Gasteiger partial charge in [-0.05, 0) is 13.2 Å². The molecule has 3 heterocycles. The molecule has 0 spiro atoms. The fourth-order valence-electron chi connectivity index (χ4n) is 2.61. The van der Waals surface area contributed by atoms with Crippen LogP contribution in [0.3, 0.4) is 0 Å². The number of fused-ring (bicyclic) bond motifs is 1. The lowest BCUT2D eigenvalue weighted by Crippen LogP contribution is -2.35. The number of ether oxygens (including phenoxy) is 1. The lowest BCUT2D eigenvalue weighted by atomic mass is 10.1. The zero-order valence-electron chi connectivity index (χ0n) is 11.6. The third-order valence-corrected chi connectivity index (χ3v) is 4.72. The number of aliphatic hydroxyl groups is 2. The van der Waals surface area contributed by atoms with Crippen molar-refractivity contribution in [3.8, 4) is 0 Å². The minimum absolute atomic E-state index is 0.238. The maximum atomic E-state index is 10.3. The van der Waals surface area contributed by atoms with Gasteiger partial charge in [-0.2, -0.15) is 11.8 Å². The van der Waals surface area contributed by atoms with E-state index in [1.807, 2.05) is 6.26 Å². The molecule has 0 amide bonds. The average Bonchev–Trinajstić information content (AvgIpc) is 3.00. The molecule has 3 rings (SSSR count). The van der Waals surface area contributed by atoms with E-state index in [4.69, 9.17) is 10.5 Å². The van der Waals surface area contributed by atoms with E-state index in [0.717, 1.165) is 0 Å². The van der Waals surface area contributed by atoms with Crippen molar-refractivity contribution in [2.24, 2.45) is 0 Å². The number of anilines is 1. The van der Waals surface area contributed by atoms with Gasteiger partial charge in [0.15, 0.2) is 17.7 Å². The van der Waals surface area contributed by atoms with Crippen LogP contribution in [0.1, 0.15) is 13.2 Å². The average molecular weight is 311 g/mol. The number of nitrogens with two attached hydrogens (primary N) is 1. The highest BCUT2D eigenvalue weighted by molar-refractivity contribution is 7.99. The lowest BCUT2D eigenvalue weighted by Gasteiger charge is -2.19. The number of aliphatic hydroxyl groups excluding tert-OH is 2. The molecule has 0 radical (unpaired) electrons. The number of aromatic nitrogens is 4. The second-order valence-corrected chi connectivity index (χ2v) is 6.02. The molecule has 1 saturated heterocycles. The van der Waals surface area contributed by atoms with Gasteiger partial charge in [0, 0.05) is 0 Å². The van der Waals surface area contributed by atoms with Gasteiger partial charge in [-0.25, -0.2) is 15.0 Å². The fourth-order valence-corrected chi connectivity index (χ4v) is 3.47. The molecular weight excluding hydrogens is 294 g/mol. The van der Waals surface area contributed by atoms with Crippen LogP contribution in [0.5, 0.6) is 0 Å². The molecule has 4 N–H and O–H groups in total. The van der Waals surface area contributed by atoms with Gasteiger partial charge in [0.05, 0.1) is 23.8 Å². The highest BCUT2D eigenvalue weighted by atomic mass is 32.2. The smallest absolute Gasteiger partial charge is 0.167 e. The highest BCUT2D eigenvalue weighted by Crippen LogP contribution is 2.39. The number of hydrogen-bond donors (Lipinski definition) is 3. The second-order valence-electron chi connectivity index (χ2n) is 5.01. The van der Waals surface area contributed by atoms with Crippen molar-refractivity contribution in [2.45, 2.75) is 36.7 Å². The van der Waals surface area contributed by atoms with Gasteiger partial charge in [-0.3, -0.25) is 4.57 Å². The van der Waals surface area contributed by atoms with E-state index in [-0.39, 0.29) is 5.25 Å². The molecule has 2 aromatic rings. The van der Waals surface area contributed by atoms with Crippen molar-refractivity contribution < 1.29 is 14.9 Å². The van der Waals surface area contributed by atoms with Crippen molar-refractivity contribution in [3.63, 3.8) is 0 Å². The van der Waals surface area contributed by atoms with Crippen molar-refractivity contribution >= 4 is 28.7 Å². The number of nitrogen functional groups attached to an aromatic ring is 1. The zero-order chi connectivity index (χ0) is 15.1. The molecule has 0 saturated carbocycles. The van der Waals surface area contributed by atoms with Crippen LogP contribution in [0.25, 0.3) is 11.2 Å². The topological polar surface area (TPSA) is 119 Å². The maximum absolute atomic E-state index is 10.3. The number of thioether (sulfide) groups is 1. The number of imidazole rings is 1. The molecule has 2 aromatic heterocycles. The quantitative estimate of drug-likeness (QED) is 0.711. The van der Waals surface area contributed by atoms with Crippen LogP contribution < -0.4 is 5.73 Å². The molecule has 1 aliphatic rings. The van der Waals surface area contributed by atoms with Gasteiger partial charge in [-0.15, -0.1) is 0 Å². The van der Waals surface area contributed by atoms with E-state index in [0.29, 0.717) is 17.0 Å². The molecule has 1 fully saturated rings. The van der Waals surface area contributed by atoms with E-state index >= 15 is 0 Å². The van der Waals surface area contributed by atoms with Crippen molar-refractivity contribution in [2.75, 3.05) is 12.0 Å². The monoisotopic (exact) mass is 311 g/mol. The summed E-state index contributed by atoms with van der Waals surface area (Å²) in [5, 5.41) is 19.8. The molecule has 21 heavy (non-hydrogen) atoms. The highest BCUT2D eigenvalue weighted by Gasteiger charge is 2.46. The Balaban J connectivity index is 2.03. The number of hydrogen-bond acceptors (Lipinski definition) is 8.